The van der Waals surface area contributed by atoms with E-state index in [2.05, 4.69) is 36.3 Å². The first-order valence-electron chi connectivity index (χ1n) is 6.57. The molecule has 4 heteroatoms. The third kappa shape index (κ3) is 4.03. The highest BCUT2D eigenvalue weighted by Gasteiger charge is 2.14. The fourth-order valence-corrected chi connectivity index (χ4v) is 3.04. The Hall–Kier alpha value is -0.900. The van der Waals surface area contributed by atoms with Gasteiger partial charge in [-0.2, -0.15) is 0 Å². The largest absolute Gasteiger partial charge is 0.309 e. The highest BCUT2D eigenvalue weighted by atomic mass is 35.5. The lowest BCUT2D eigenvalue weighted by Gasteiger charge is -2.17. The summed E-state index contributed by atoms with van der Waals surface area (Å²) in [5.41, 5.74) is 4.27. The van der Waals surface area contributed by atoms with Crippen molar-refractivity contribution < 1.29 is 0 Å². The van der Waals surface area contributed by atoms with Crippen LogP contribution in [0.1, 0.15) is 35.4 Å². The Labute approximate surface area is 123 Å². The Kier molecular flexibility index (Phi) is 5.37. The summed E-state index contributed by atoms with van der Waals surface area (Å²) in [6.45, 7) is 5.24. The van der Waals surface area contributed by atoms with Crippen LogP contribution >= 0.6 is 22.9 Å². The fourth-order valence-electron chi connectivity index (χ4n) is 2.03. The quantitative estimate of drug-likeness (QED) is 0.855. The van der Waals surface area contributed by atoms with Crippen LogP contribution in [-0.2, 0) is 6.42 Å². The summed E-state index contributed by atoms with van der Waals surface area (Å²) in [5, 5.41) is 4.43. The van der Waals surface area contributed by atoms with Crippen molar-refractivity contribution in [1.82, 2.24) is 10.3 Å². The van der Waals surface area contributed by atoms with Gasteiger partial charge >= 0.3 is 0 Å². The van der Waals surface area contributed by atoms with E-state index in [0.29, 0.717) is 6.04 Å². The van der Waals surface area contributed by atoms with Crippen molar-refractivity contribution in [2.45, 2.75) is 32.7 Å². The molecule has 0 spiro atoms. The first kappa shape index (κ1) is 14.5. The predicted octanol–water partition coefficient (Wildman–Crippen LogP) is 4.39. The minimum absolute atomic E-state index is 0.299. The van der Waals surface area contributed by atoms with Crippen LogP contribution in [0, 0.1) is 6.92 Å². The van der Waals surface area contributed by atoms with E-state index >= 15 is 0 Å². The summed E-state index contributed by atoms with van der Waals surface area (Å²) < 4.78 is 0. The van der Waals surface area contributed by atoms with Crippen LogP contribution in [-0.4, -0.2) is 11.5 Å². The maximum atomic E-state index is 6.33. The summed E-state index contributed by atoms with van der Waals surface area (Å²) in [7, 11) is 0. The first-order chi connectivity index (χ1) is 9.20. The number of aryl methyl sites for hydroxylation is 1. The summed E-state index contributed by atoms with van der Waals surface area (Å²) >= 11 is 8.02. The van der Waals surface area contributed by atoms with Gasteiger partial charge in [0.25, 0.3) is 0 Å². The van der Waals surface area contributed by atoms with Crippen molar-refractivity contribution in [3.63, 3.8) is 0 Å². The number of nitrogens with zero attached hydrogens (tertiary/aromatic N) is 1. The second-order valence-electron chi connectivity index (χ2n) is 4.71. The molecule has 0 saturated heterocycles. The molecule has 0 radical (unpaired) electrons. The monoisotopic (exact) mass is 294 g/mol. The van der Waals surface area contributed by atoms with Gasteiger partial charge in [0.1, 0.15) is 0 Å². The number of hydrogen-bond acceptors (Lipinski definition) is 3. The fraction of sp³-hybridized carbons (Fsp3) is 0.400. The van der Waals surface area contributed by atoms with Gasteiger partial charge in [-0.15, -0.1) is 11.3 Å². The van der Waals surface area contributed by atoms with Gasteiger partial charge in [0, 0.05) is 22.1 Å². The smallest absolute Gasteiger partial charge is 0.0794 e. The van der Waals surface area contributed by atoms with Gasteiger partial charge in [-0.3, -0.25) is 4.98 Å². The van der Waals surface area contributed by atoms with E-state index in [-0.39, 0.29) is 0 Å². The minimum Gasteiger partial charge on any atom is -0.309 e. The van der Waals surface area contributed by atoms with E-state index in [4.69, 9.17) is 11.6 Å². The molecular formula is C15H19ClN2S. The molecule has 0 aliphatic rings. The van der Waals surface area contributed by atoms with Crippen LogP contribution in [0.3, 0.4) is 0 Å². The number of halogens is 1. The molecule has 0 aliphatic heterocycles. The van der Waals surface area contributed by atoms with Gasteiger partial charge in [0.05, 0.1) is 5.51 Å². The van der Waals surface area contributed by atoms with Crippen molar-refractivity contribution in [1.29, 1.82) is 0 Å². The van der Waals surface area contributed by atoms with Crippen LogP contribution in [0.5, 0.6) is 0 Å². The molecule has 0 saturated carbocycles. The minimum atomic E-state index is 0.299. The van der Waals surface area contributed by atoms with E-state index < -0.39 is 0 Å². The lowest BCUT2D eigenvalue weighted by atomic mass is 10.0. The molecule has 102 valence electrons. The first-order valence-corrected chi connectivity index (χ1v) is 7.83. The lowest BCUT2D eigenvalue weighted by molar-refractivity contribution is 0.536. The lowest BCUT2D eigenvalue weighted by Crippen LogP contribution is -2.23. The van der Waals surface area contributed by atoms with Crippen LogP contribution < -0.4 is 5.32 Å². The molecule has 2 rings (SSSR count). The Balaban J connectivity index is 2.15. The van der Waals surface area contributed by atoms with E-state index in [1.165, 1.54) is 16.0 Å². The van der Waals surface area contributed by atoms with Gasteiger partial charge in [-0.05, 0) is 43.5 Å². The molecule has 2 aromatic rings. The molecule has 0 amide bonds. The van der Waals surface area contributed by atoms with Crippen LogP contribution in [0.15, 0.2) is 29.9 Å². The van der Waals surface area contributed by atoms with Gasteiger partial charge in [0.2, 0.25) is 0 Å². The summed E-state index contributed by atoms with van der Waals surface area (Å²) in [6, 6.07) is 6.57. The highest BCUT2D eigenvalue weighted by Crippen LogP contribution is 2.26. The molecule has 1 atom stereocenters. The van der Waals surface area contributed by atoms with Crippen molar-refractivity contribution >= 4 is 22.9 Å². The maximum Gasteiger partial charge on any atom is 0.0794 e. The summed E-state index contributed by atoms with van der Waals surface area (Å²) in [5.74, 6) is 0. The average molecular weight is 295 g/mol. The van der Waals surface area contributed by atoms with Gasteiger partial charge < -0.3 is 5.32 Å². The molecule has 0 aliphatic carbocycles. The zero-order chi connectivity index (χ0) is 13.7. The molecule has 0 fully saturated rings. The van der Waals surface area contributed by atoms with E-state index in [1.807, 2.05) is 17.8 Å². The molecule has 1 unspecified atom stereocenters. The molecule has 2 nitrogen and oxygen atoms in total. The third-order valence-electron chi connectivity index (χ3n) is 3.07. The molecular weight excluding hydrogens is 276 g/mol. The van der Waals surface area contributed by atoms with Gasteiger partial charge in [-0.1, -0.05) is 30.7 Å². The second-order valence-corrected chi connectivity index (χ2v) is 6.03. The number of rotatable bonds is 6. The number of nitrogens with one attached hydrogen (secondary N) is 1. The van der Waals surface area contributed by atoms with Crippen molar-refractivity contribution in [2.24, 2.45) is 0 Å². The molecule has 1 aromatic heterocycles. The number of thiazole rings is 1. The van der Waals surface area contributed by atoms with Crippen LogP contribution in [0.4, 0.5) is 0 Å². The Morgan fingerprint density at radius 1 is 1.42 bits per heavy atom. The third-order valence-corrected chi connectivity index (χ3v) is 4.31. The zero-order valence-electron chi connectivity index (χ0n) is 11.3. The highest BCUT2D eigenvalue weighted by molar-refractivity contribution is 7.09. The number of aromatic nitrogens is 1. The Morgan fingerprint density at radius 3 is 2.89 bits per heavy atom. The normalized spacial score (nSPS) is 12.6. The molecule has 1 aromatic carbocycles. The van der Waals surface area contributed by atoms with Gasteiger partial charge in [0.15, 0.2) is 0 Å². The summed E-state index contributed by atoms with van der Waals surface area (Å²) in [4.78, 5) is 5.44. The number of hydrogen-bond donors (Lipinski definition) is 1. The maximum absolute atomic E-state index is 6.33. The molecule has 0 bridgehead atoms. The number of benzene rings is 1. The van der Waals surface area contributed by atoms with Crippen LogP contribution in [0.2, 0.25) is 5.02 Å². The van der Waals surface area contributed by atoms with Crippen molar-refractivity contribution in [3.05, 3.63) is 50.9 Å². The average Bonchev–Trinajstić information content (AvgIpc) is 2.90. The van der Waals surface area contributed by atoms with E-state index in [1.54, 1.807) is 11.3 Å². The SMILES string of the molecule is CCCNC(Cc1ccc(C)cc1Cl)c1cncs1. The van der Waals surface area contributed by atoms with Crippen LogP contribution in [0.25, 0.3) is 0 Å². The standard InChI is InChI=1S/C15H19ClN2S/c1-3-6-18-14(15-9-17-10-19-15)8-12-5-4-11(2)7-13(12)16/h4-5,7,9-10,14,18H,3,6,8H2,1-2H3. The molecule has 1 N–H and O–H groups in total. The van der Waals surface area contributed by atoms with Crippen molar-refractivity contribution in [3.8, 4) is 0 Å². The Bertz CT molecular complexity index is 511. The molecule has 1 heterocycles. The zero-order valence-corrected chi connectivity index (χ0v) is 12.9. The topological polar surface area (TPSA) is 24.9 Å². The van der Waals surface area contributed by atoms with Gasteiger partial charge in [-0.25, -0.2) is 0 Å². The van der Waals surface area contributed by atoms with E-state index in [0.717, 1.165) is 24.4 Å². The summed E-state index contributed by atoms with van der Waals surface area (Å²) in [6.07, 6.45) is 3.97. The van der Waals surface area contributed by atoms with E-state index in [9.17, 15) is 0 Å². The second kappa shape index (κ2) is 7.04. The Morgan fingerprint density at radius 2 is 2.26 bits per heavy atom. The predicted molar refractivity (Wildman–Crippen MR) is 83.0 cm³/mol. The van der Waals surface area contributed by atoms with Crippen molar-refractivity contribution in [2.75, 3.05) is 6.54 Å². The molecule has 19 heavy (non-hydrogen) atoms.